The quantitative estimate of drug-likeness (QED) is 0.362. The molecule has 3 rings (SSSR count). The highest BCUT2D eigenvalue weighted by Gasteiger charge is 2.16. The molecule has 3 aromatic rings. The Balaban J connectivity index is 1.94. The second-order valence-electron chi connectivity index (χ2n) is 6.44. The van der Waals surface area contributed by atoms with Crippen molar-refractivity contribution in [3.8, 4) is 0 Å². The lowest BCUT2D eigenvalue weighted by Gasteiger charge is -2.11. The predicted molar refractivity (Wildman–Crippen MR) is 112 cm³/mol. The summed E-state index contributed by atoms with van der Waals surface area (Å²) >= 11 is 0. The average Bonchev–Trinajstić information content (AvgIpc) is 2.74. The molecule has 0 aliphatic carbocycles. The van der Waals surface area contributed by atoms with Crippen LogP contribution in [-0.4, -0.2) is 18.5 Å². The number of amides is 1. The van der Waals surface area contributed by atoms with Crippen LogP contribution in [0.5, 0.6) is 0 Å². The van der Waals surface area contributed by atoms with Gasteiger partial charge in [0, 0.05) is 5.56 Å². The highest BCUT2D eigenvalue weighted by molar-refractivity contribution is 6.04. The Labute approximate surface area is 164 Å². The average molecular weight is 373 g/mol. The Morgan fingerprint density at radius 3 is 2.43 bits per heavy atom. The smallest absolute Gasteiger partial charge is 0.354 e. The molecular weight excluding hydrogens is 350 g/mol. The Morgan fingerprint density at radius 2 is 1.64 bits per heavy atom. The summed E-state index contributed by atoms with van der Waals surface area (Å²) in [5.41, 5.74) is 1.45. The lowest BCUT2D eigenvalue weighted by atomic mass is 10.0. The normalized spacial score (nSPS) is 11.2. The van der Waals surface area contributed by atoms with Crippen LogP contribution in [0.1, 0.15) is 35.7 Å². The van der Waals surface area contributed by atoms with Crippen molar-refractivity contribution in [1.82, 2.24) is 5.32 Å². The van der Waals surface area contributed by atoms with Crippen molar-refractivity contribution in [2.45, 2.75) is 19.8 Å². The highest BCUT2D eigenvalue weighted by Crippen LogP contribution is 2.21. The lowest BCUT2D eigenvalue weighted by Crippen LogP contribution is -2.28. The molecule has 28 heavy (non-hydrogen) atoms. The van der Waals surface area contributed by atoms with Gasteiger partial charge in [0.25, 0.3) is 5.91 Å². The standard InChI is InChI=1S/C24H23NO3/c1-2-3-16-28-24(27)22(25-23(26)19-11-5-4-6-12-19)17-20-14-9-13-18-10-7-8-15-21(18)20/h4-15,17H,2-3,16H2,1H3,(H,25,26)/b22-17+. The van der Waals surface area contributed by atoms with E-state index in [2.05, 4.69) is 5.32 Å². The van der Waals surface area contributed by atoms with Gasteiger partial charge in [-0.05, 0) is 41.0 Å². The van der Waals surface area contributed by atoms with Crippen molar-refractivity contribution in [3.05, 3.63) is 89.6 Å². The molecule has 0 saturated heterocycles. The topological polar surface area (TPSA) is 55.4 Å². The monoisotopic (exact) mass is 373 g/mol. The van der Waals surface area contributed by atoms with Gasteiger partial charge in [-0.1, -0.05) is 74.0 Å². The lowest BCUT2D eigenvalue weighted by molar-refractivity contribution is -0.139. The number of carbonyl (C=O) groups excluding carboxylic acids is 2. The van der Waals surface area contributed by atoms with Crippen LogP contribution in [0.15, 0.2) is 78.5 Å². The molecule has 0 radical (unpaired) electrons. The molecule has 3 aromatic carbocycles. The van der Waals surface area contributed by atoms with Crippen molar-refractivity contribution in [1.29, 1.82) is 0 Å². The van der Waals surface area contributed by atoms with Gasteiger partial charge in [-0.25, -0.2) is 4.79 Å². The minimum Gasteiger partial charge on any atom is -0.461 e. The Bertz CT molecular complexity index is 988. The van der Waals surface area contributed by atoms with E-state index in [0.717, 1.165) is 29.2 Å². The Hall–Kier alpha value is -3.40. The molecule has 0 fully saturated rings. The molecule has 0 aliphatic heterocycles. The summed E-state index contributed by atoms with van der Waals surface area (Å²) in [5, 5.41) is 4.78. The fourth-order valence-corrected chi connectivity index (χ4v) is 2.85. The molecule has 0 spiro atoms. The van der Waals surface area contributed by atoms with Gasteiger partial charge in [0.1, 0.15) is 5.70 Å². The molecule has 142 valence electrons. The Kier molecular flexibility index (Phi) is 6.58. The molecular formula is C24H23NO3. The van der Waals surface area contributed by atoms with Crippen molar-refractivity contribution in [2.75, 3.05) is 6.61 Å². The van der Waals surface area contributed by atoms with E-state index in [1.54, 1.807) is 30.3 Å². The van der Waals surface area contributed by atoms with Crippen LogP contribution in [0.4, 0.5) is 0 Å². The third-order valence-corrected chi connectivity index (χ3v) is 4.36. The maximum absolute atomic E-state index is 12.6. The molecule has 0 bridgehead atoms. The van der Waals surface area contributed by atoms with Gasteiger partial charge in [-0.2, -0.15) is 0 Å². The maximum Gasteiger partial charge on any atom is 0.354 e. The van der Waals surface area contributed by atoms with E-state index in [4.69, 9.17) is 4.74 Å². The van der Waals surface area contributed by atoms with Crippen LogP contribution >= 0.6 is 0 Å². The van der Waals surface area contributed by atoms with Crippen molar-refractivity contribution in [2.24, 2.45) is 0 Å². The second kappa shape index (κ2) is 9.51. The first-order chi connectivity index (χ1) is 13.7. The van der Waals surface area contributed by atoms with Crippen LogP contribution in [0.25, 0.3) is 16.8 Å². The number of rotatable bonds is 7. The zero-order chi connectivity index (χ0) is 19.8. The number of ether oxygens (including phenoxy) is 1. The number of carbonyl (C=O) groups is 2. The summed E-state index contributed by atoms with van der Waals surface area (Å²) in [6, 6.07) is 22.6. The number of fused-ring (bicyclic) bond motifs is 1. The zero-order valence-corrected chi connectivity index (χ0v) is 15.9. The molecule has 0 aromatic heterocycles. The third kappa shape index (κ3) is 4.86. The highest BCUT2D eigenvalue weighted by atomic mass is 16.5. The number of benzene rings is 3. The number of unbranched alkanes of at least 4 members (excludes halogenated alkanes) is 1. The largest absolute Gasteiger partial charge is 0.461 e. The van der Waals surface area contributed by atoms with E-state index >= 15 is 0 Å². The summed E-state index contributed by atoms with van der Waals surface area (Å²) in [6.07, 6.45) is 3.38. The molecule has 0 heterocycles. The van der Waals surface area contributed by atoms with Crippen LogP contribution < -0.4 is 5.32 Å². The van der Waals surface area contributed by atoms with Crippen molar-refractivity contribution in [3.63, 3.8) is 0 Å². The summed E-state index contributed by atoms with van der Waals surface area (Å²) in [4.78, 5) is 25.2. The fraction of sp³-hybridized carbons (Fsp3) is 0.167. The SMILES string of the molecule is CCCCOC(=O)/C(=C\c1cccc2ccccc12)NC(=O)c1ccccc1. The summed E-state index contributed by atoms with van der Waals surface area (Å²) in [5.74, 6) is -0.884. The maximum atomic E-state index is 12.6. The number of hydrogen-bond donors (Lipinski definition) is 1. The van der Waals surface area contributed by atoms with Crippen LogP contribution in [0.3, 0.4) is 0 Å². The van der Waals surface area contributed by atoms with E-state index < -0.39 is 5.97 Å². The summed E-state index contributed by atoms with van der Waals surface area (Å²) < 4.78 is 5.34. The van der Waals surface area contributed by atoms with Crippen LogP contribution in [-0.2, 0) is 9.53 Å². The van der Waals surface area contributed by atoms with E-state index in [1.807, 2.05) is 55.5 Å². The number of nitrogens with one attached hydrogen (secondary N) is 1. The first-order valence-corrected chi connectivity index (χ1v) is 9.42. The minimum absolute atomic E-state index is 0.126. The molecule has 4 heteroatoms. The van der Waals surface area contributed by atoms with Gasteiger partial charge in [-0.3, -0.25) is 4.79 Å². The van der Waals surface area contributed by atoms with Crippen LogP contribution in [0, 0.1) is 0 Å². The zero-order valence-electron chi connectivity index (χ0n) is 15.9. The van der Waals surface area contributed by atoms with Gasteiger partial charge < -0.3 is 10.1 Å². The molecule has 1 amide bonds. The van der Waals surface area contributed by atoms with Gasteiger partial charge in [0.05, 0.1) is 6.61 Å². The molecule has 0 saturated carbocycles. The van der Waals surface area contributed by atoms with E-state index in [1.165, 1.54) is 0 Å². The Morgan fingerprint density at radius 1 is 0.929 bits per heavy atom. The van der Waals surface area contributed by atoms with Gasteiger partial charge >= 0.3 is 5.97 Å². The summed E-state index contributed by atoms with van der Waals surface area (Å²) in [7, 11) is 0. The molecule has 0 unspecified atom stereocenters. The van der Waals surface area contributed by atoms with E-state index in [9.17, 15) is 9.59 Å². The van der Waals surface area contributed by atoms with E-state index in [-0.39, 0.29) is 11.6 Å². The van der Waals surface area contributed by atoms with E-state index in [0.29, 0.717) is 12.2 Å². The molecule has 1 N–H and O–H groups in total. The van der Waals surface area contributed by atoms with Crippen molar-refractivity contribution >= 4 is 28.7 Å². The second-order valence-corrected chi connectivity index (χ2v) is 6.44. The minimum atomic E-state index is -0.536. The van der Waals surface area contributed by atoms with Gasteiger partial charge in [0.2, 0.25) is 0 Å². The molecule has 0 atom stereocenters. The number of esters is 1. The first kappa shape index (κ1) is 19.4. The fourth-order valence-electron chi connectivity index (χ4n) is 2.85. The van der Waals surface area contributed by atoms with Gasteiger partial charge in [-0.15, -0.1) is 0 Å². The van der Waals surface area contributed by atoms with Gasteiger partial charge in [0.15, 0.2) is 0 Å². The molecule has 4 nitrogen and oxygen atoms in total. The number of hydrogen-bond acceptors (Lipinski definition) is 3. The third-order valence-electron chi connectivity index (χ3n) is 4.36. The summed E-state index contributed by atoms with van der Waals surface area (Å²) in [6.45, 7) is 2.35. The molecule has 0 aliphatic rings. The predicted octanol–water partition coefficient (Wildman–Crippen LogP) is 4.95. The first-order valence-electron chi connectivity index (χ1n) is 9.42. The van der Waals surface area contributed by atoms with Crippen molar-refractivity contribution < 1.29 is 14.3 Å². The van der Waals surface area contributed by atoms with Crippen LogP contribution in [0.2, 0.25) is 0 Å².